The molecule has 2 aromatic carbocycles. The van der Waals surface area contributed by atoms with E-state index in [-0.39, 0.29) is 5.97 Å². The zero-order chi connectivity index (χ0) is 24.5. The molecule has 0 aliphatic carbocycles. The summed E-state index contributed by atoms with van der Waals surface area (Å²) in [4.78, 5) is 13.6. The van der Waals surface area contributed by atoms with E-state index in [4.69, 9.17) is 23.4 Å². The van der Waals surface area contributed by atoms with Crippen molar-refractivity contribution in [3.05, 3.63) is 70.9 Å². The summed E-state index contributed by atoms with van der Waals surface area (Å²) in [5.74, 6) is -0.293. The van der Waals surface area contributed by atoms with Crippen molar-refractivity contribution >= 4 is 66.1 Å². The van der Waals surface area contributed by atoms with Gasteiger partial charge in [-0.05, 0) is 37.3 Å². The Balaban J connectivity index is 0.000000499. The Labute approximate surface area is 204 Å². The number of fused-ring (bicyclic) bond motifs is 4. The Hall–Kier alpha value is -2.83. The lowest BCUT2D eigenvalue weighted by molar-refractivity contribution is -1.92. The Morgan fingerprint density at radius 3 is 2.41 bits per heavy atom. The van der Waals surface area contributed by atoms with Crippen LogP contribution in [0.2, 0.25) is 0 Å². The summed E-state index contributed by atoms with van der Waals surface area (Å²) in [6.45, 7) is 2.19. The van der Waals surface area contributed by atoms with Gasteiger partial charge in [0.25, 0.3) is 5.01 Å². The van der Waals surface area contributed by atoms with Crippen LogP contribution in [0.4, 0.5) is 0 Å². The fourth-order valence-electron chi connectivity index (χ4n) is 3.59. The first-order valence-corrected chi connectivity index (χ1v) is 13.0. The van der Waals surface area contributed by atoms with Gasteiger partial charge in [-0.1, -0.05) is 35.6 Å². The van der Waals surface area contributed by atoms with E-state index in [0.29, 0.717) is 12.3 Å². The van der Waals surface area contributed by atoms with Gasteiger partial charge in [-0.15, -0.1) is 11.3 Å². The van der Waals surface area contributed by atoms with Gasteiger partial charge in [-0.3, -0.25) is 4.40 Å². The van der Waals surface area contributed by atoms with Crippen LogP contribution in [-0.4, -0.2) is 21.6 Å². The maximum absolute atomic E-state index is 12.6. The second-order valence-electron chi connectivity index (χ2n) is 7.11. The van der Waals surface area contributed by atoms with Gasteiger partial charge >= 0.3 is 5.97 Å². The molecule has 0 atom stereocenters. The van der Waals surface area contributed by atoms with Crippen molar-refractivity contribution in [2.24, 2.45) is 7.05 Å². The van der Waals surface area contributed by atoms with E-state index in [2.05, 4.69) is 54.1 Å². The Morgan fingerprint density at radius 2 is 1.74 bits per heavy atom. The fourth-order valence-corrected chi connectivity index (χ4v) is 5.79. The van der Waals surface area contributed by atoms with E-state index in [1.165, 1.54) is 10.2 Å². The lowest BCUT2D eigenvalue weighted by Crippen LogP contribution is -2.58. The first kappa shape index (κ1) is 24.3. The van der Waals surface area contributed by atoms with Gasteiger partial charge in [0.2, 0.25) is 5.52 Å². The van der Waals surface area contributed by atoms with Gasteiger partial charge < -0.3 is 4.74 Å². The predicted molar refractivity (Wildman–Crippen MR) is 123 cm³/mol. The Bertz CT molecular complexity index is 1510. The number of halogens is 1. The SMILES string of the molecule is CCOC(=O)c1cc(/C=C\c2sc3ccccc3[n+]2C)c2sc3ccccc3n12.[O-][Cl+3]([O-])([O-])O. The zero-order valence-corrected chi connectivity index (χ0v) is 20.5. The molecule has 0 amide bonds. The number of rotatable bonds is 4. The summed E-state index contributed by atoms with van der Waals surface area (Å²) in [6, 6.07) is 18.5. The van der Waals surface area contributed by atoms with Gasteiger partial charge in [-0.25, -0.2) is 4.79 Å². The molecular formula is C23H20ClN2O6S2+. The van der Waals surface area contributed by atoms with Crippen LogP contribution < -0.4 is 18.5 Å². The standard InChI is InChI=1S/C23H19N2O2S2.ClHO4/c1-3-27-23(26)18-14-15(22-25(18)17-9-5-7-11-20(17)29-22)12-13-21-24(2)16-8-4-6-10-19(16)28-21;2-1(3,4)5/h4-14H,3H2,1-2H3;(H,2,3,4,5)/q+1;. The number of benzene rings is 2. The minimum absolute atomic E-state index is 0.293. The monoisotopic (exact) mass is 519 g/mol. The molecule has 0 bridgehead atoms. The van der Waals surface area contributed by atoms with Crippen molar-refractivity contribution in [1.82, 2.24) is 4.40 Å². The summed E-state index contributed by atoms with van der Waals surface area (Å²) >= 11 is 3.45. The number of ether oxygens (including phenoxy) is 1. The average Bonchev–Trinajstić information content (AvgIpc) is 3.42. The van der Waals surface area contributed by atoms with E-state index < -0.39 is 10.2 Å². The summed E-state index contributed by atoms with van der Waals surface area (Å²) in [5, 5.41) is 1.16. The van der Waals surface area contributed by atoms with Crippen molar-refractivity contribution < 1.29 is 43.0 Å². The number of hydrogen-bond acceptors (Lipinski definition) is 8. The van der Waals surface area contributed by atoms with Gasteiger partial charge in [-0.2, -0.15) is 18.5 Å². The normalized spacial score (nSPS) is 11.9. The number of carbonyl (C=O) groups is 1. The van der Waals surface area contributed by atoms with Crippen LogP contribution in [0.3, 0.4) is 0 Å². The van der Waals surface area contributed by atoms with Crippen molar-refractivity contribution in [2.45, 2.75) is 6.92 Å². The molecule has 3 heterocycles. The molecule has 1 N–H and O–H groups in total. The van der Waals surface area contributed by atoms with Crippen LogP contribution in [0.15, 0.2) is 54.6 Å². The third-order valence-corrected chi connectivity index (χ3v) is 7.32. The third kappa shape index (κ3) is 5.13. The van der Waals surface area contributed by atoms with Crippen LogP contribution in [0, 0.1) is 10.2 Å². The van der Waals surface area contributed by atoms with E-state index in [9.17, 15) is 4.79 Å². The van der Waals surface area contributed by atoms with Crippen molar-refractivity contribution in [2.75, 3.05) is 6.61 Å². The first-order valence-electron chi connectivity index (χ1n) is 10.1. The van der Waals surface area contributed by atoms with Gasteiger partial charge in [0.05, 0.1) is 31.7 Å². The molecule has 5 rings (SSSR count). The molecule has 0 spiro atoms. The first-order chi connectivity index (χ1) is 16.2. The molecule has 0 unspecified atom stereocenters. The second-order valence-corrected chi connectivity index (χ2v) is 10.00. The van der Waals surface area contributed by atoms with Gasteiger partial charge in [0.1, 0.15) is 22.3 Å². The molecular weight excluding hydrogens is 500 g/mol. The maximum atomic E-state index is 12.6. The molecule has 34 heavy (non-hydrogen) atoms. The number of nitrogens with zero attached hydrogens (tertiary/aromatic N) is 2. The summed E-state index contributed by atoms with van der Waals surface area (Å²) < 4.78 is 44.6. The van der Waals surface area contributed by atoms with Crippen molar-refractivity contribution in [3.63, 3.8) is 0 Å². The molecule has 0 radical (unpaired) electrons. The molecule has 0 saturated heterocycles. The Morgan fingerprint density at radius 1 is 1.09 bits per heavy atom. The summed E-state index contributed by atoms with van der Waals surface area (Å²) in [5.41, 5.74) is 3.84. The highest BCUT2D eigenvalue weighted by Crippen LogP contribution is 2.33. The van der Waals surface area contributed by atoms with E-state index in [1.807, 2.05) is 35.6 Å². The lowest BCUT2D eigenvalue weighted by Gasteiger charge is -2.03. The highest BCUT2D eigenvalue weighted by Gasteiger charge is 2.20. The predicted octanol–water partition coefficient (Wildman–Crippen LogP) is 1.42. The molecule has 0 saturated carbocycles. The van der Waals surface area contributed by atoms with Crippen LogP contribution in [0.25, 0.3) is 37.4 Å². The minimum atomic E-state index is -4.69. The highest BCUT2D eigenvalue weighted by molar-refractivity contribution is 7.24. The lowest BCUT2D eigenvalue weighted by atomic mass is 10.3. The molecule has 8 nitrogen and oxygen atoms in total. The van der Waals surface area contributed by atoms with Crippen LogP contribution >= 0.6 is 22.7 Å². The van der Waals surface area contributed by atoms with Crippen molar-refractivity contribution in [1.29, 1.82) is 0 Å². The number of hydrogen-bond donors (Lipinski definition) is 1. The molecule has 3 aromatic heterocycles. The number of thiazole rings is 2. The second kappa shape index (κ2) is 9.80. The quantitative estimate of drug-likeness (QED) is 0.283. The summed E-state index contributed by atoms with van der Waals surface area (Å²) in [7, 11) is -2.61. The number of para-hydroxylation sites is 2. The zero-order valence-electron chi connectivity index (χ0n) is 18.1. The van der Waals surface area contributed by atoms with E-state index >= 15 is 0 Å². The average molecular weight is 520 g/mol. The van der Waals surface area contributed by atoms with E-state index in [0.717, 1.165) is 25.6 Å². The molecule has 0 fully saturated rings. The number of esters is 1. The molecule has 11 heteroatoms. The third-order valence-electron chi connectivity index (χ3n) is 4.96. The number of aromatic nitrogens is 2. The van der Waals surface area contributed by atoms with Crippen LogP contribution in [0.5, 0.6) is 0 Å². The molecule has 0 aliphatic rings. The topological polar surface area (TPSA) is 124 Å². The van der Waals surface area contributed by atoms with Gasteiger partial charge in [0.15, 0.2) is 0 Å². The van der Waals surface area contributed by atoms with E-state index in [1.54, 1.807) is 22.7 Å². The molecule has 5 aromatic rings. The fraction of sp³-hybridized carbons (Fsp3) is 0.130. The van der Waals surface area contributed by atoms with Gasteiger partial charge in [0, 0.05) is 17.7 Å². The largest absolute Gasteiger partial charge is 0.461 e. The number of carbonyl (C=O) groups excluding carboxylic acids is 1. The smallest absolute Gasteiger partial charge is 0.355 e. The maximum Gasteiger partial charge on any atom is 0.355 e. The molecule has 176 valence electrons. The molecule has 0 aliphatic heterocycles. The highest BCUT2D eigenvalue weighted by atomic mass is 35.7. The van der Waals surface area contributed by atoms with Crippen molar-refractivity contribution in [3.8, 4) is 0 Å². The summed E-state index contributed by atoms with van der Waals surface area (Å²) in [6.07, 6.45) is 4.22. The minimum Gasteiger partial charge on any atom is -0.461 e. The Kier molecular flexibility index (Phi) is 7.01. The van der Waals surface area contributed by atoms with Crippen LogP contribution in [0.1, 0.15) is 28.0 Å². The number of aryl methyl sites for hydroxylation is 1. The van der Waals surface area contributed by atoms with Crippen LogP contribution in [-0.2, 0) is 11.8 Å².